The van der Waals surface area contributed by atoms with Crippen molar-refractivity contribution in [3.05, 3.63) is 23.5 Å². The van der Waals surface area contributed by atoms with Crippen LogP contribution in [0.4, 0.5) is 0 Å². The largest absolute Gasteiger partial charge is 0.339 e. The number of carbonyl (C=O) groups excluding carboxylic acids is 1. The third-order valence-corrected chi connectivity index (χ3v) is 5.05. The molecule has 0 atom stereocenters. The number of hydrogen-bond donors (Lipinski definition) is 1. The van der Waals surface area contributed by atoms with E-state index in [4.69, 9.17) is 0 Å². The van der Waals surface area contributed by atoms with Gasteiger partial charge in [-0.3, -0.25) is 9.69 Å². The molecule has 3 heterocycles. The van der Waals surface area contributed by atoms with Crippen LogP contribution in [0.2, 0.25) is 0 Å². The molecular formula is C16H27Cl2N3O. The van der Waals surface area contributed by atoms with Crippen LogP contribution < -0.4 is 5.32 Å². The molecule has 1 spiro atoms. The Balaban J connectivity index is 0.00000121. The summed E-state index contributed by atoms with van der Waals surface area (Å²) >= 11 is 0. The molecule has 0 radical (unpaired) electrons. The van der Waals surface area contributed by atoms with E-state index in [1.165, 1.54) is 5.69 Å². The minimum atomic E-state index is 0. The summed E-state index contributed by atoms with van der Waals surface area (Å²) in [7, 11) is 2.23. The number of hydrogen-bond acceptors (Lipinski definition) is 3. The topological polar surface area (TPSA) is 37.3 Å². The average Bonchev–Trinajstić information content (AvgIpc) is 2.88. The van der Waals surface area contributed by atoms with Gasteiger partial charge in [0.1, 0.15) is 0 Å². The lowest BCUT2D eigenvalue weighted by molar-refractivity contribution is 0.0471. The highest BCUT2D eigenvalue weighted by atomic mass is 35.5. The van der Waals surface area contributed by atoms with Crippen molar-refractivity contribution in [3.63, 3.8) is 0 Å². The second kappa shape index (κ2) is 7.35. The molecule has 2 aliphatic rings. The van der Waals surface area contributed by atoms with Gasteiger partial charge in [-0.05, 0) is 45.1 Å². The van der Waals surface area contributed by atoms with Gasteiger partial charge in [0.05, 0.1) is 11.2 Å². The standard InChI is InChI=1S/C16H25N3O.2ClH/c1-12(2)15(20)13-4-5-14-16(6-8-17-9-7-16)18(3)10-11-19(13)14;;/h4-5,12,17H,6-11H2,1-3H3;2*1H. The Morgan fingerprint density at radius 3 is 2.41 bits per heavy atom. The first-order valence-electron chi connectivity index (χ1n) is 7.72. The van der Waals surface area contributed by atoms with Crippen molar-refractivity contribution in [1.29, 1.82) is 0 Å². The van der Waals surface area contributed by atoms with Crippen LogP contribution in [-0.2, 0) is 12.1 Å². The molecule has 3 rings (SSSR count). The fourth-order valence-electron chi connectivity index (χ4n) is 3.76. The van der Waals surface area contributed by atoms with Gasteiger partial charge in [-0.15, -0.1) is 24.8 Å². The van der Waals surface area contributed by atoms with Crippen LogP contribution in [0, 0.1) is 5.92 Å². The highest BCUT2D eigenvalue weighted by Crippen LogP contribution is 2.40. The van der Waals surface area contributed by atoms with E-state index >= 15 is 0 Å². The molecule has 0 saturated carbocycles. The van der Waals surface area contributed by atoms with Crippen LogP contribution in [0.25, 0.3) is 0 Å². The third-order valence-electron chi connectivity index (χ3n) is 5.05. The Morgan fingerprint density at radius 1 is 1.18 bits per heavy atom. The van der Waals surface area contributed by atoms with Crippen molar-refractivity contribution in [2.75, 3.05) is 26.7 Å². The van der Waals surface area contributed by atoms with Gasteiger partial charge in [-0.1, -0.05) is 13.8 Å². The summed E-state index contributed by atoms with van der Waals surface area (Å²) in [6, 6.07) is 4.23. The zero-order chi connectivity index (χ0) is 14.3. The SMILES string of the molecule is CC(C)C(=O)c1ccc2n1CCN(C)C21CCNCC1.Cl.Cl. The van der Waals surface area contributed by atoms with Crippen molar-refractivity contribution < 1.29 is 4.79 Å². The fourth-order valence-corrected chi connectivity index (χ4v) is 3.76. The molecule has 0 aromatic carbocycles. The second-order valence-electron chi connectivity index (χ2n) is 6.48. The Labute approximate surface area is 145 Å². The van der Waals surface area contributed by atoms with E-state index in [-0.39, 0.29) is 42.1 Å². The lowest BCUT2D eigenvalue weighted by Crippen LogP contribution is -2.55. The van der Waals surface area contributed by atoms with Crippen molar-refractivity contribution in [3.8, 4) is 0 Å². The van der Waals surface area contributed by atoms with Gasteiger partial charge in [0, 0.05) is 24.7 Å². The Kier molecular flexibility index (Phi) is 6.51. The molecule has 4 nitrogen and oxygen atoms in total. The molecule has 0 amide bonds. The summed E-state index contributed by atoms with van der Waals surface area (Å²) in [5.74, 6) is 0.336. The molecule has 0 aliphatic carbocycles. The van der Waals surface area contributed by atoms with Gasteiger partial charge in [-0.2, -0.15) is 0 Å². The molecule has 1 aromatic rings. The number of likely N-dealkylation sites (N-methyl/N-ethyl adjacent to an activating group) is 1. The first kappa shape index (κ1) is 19.5. The first-order valence-corrected chi connectivity index (χ1v) is 7.72. The van der Waals surface area contributed by atoms with Crippen molar-refractivity contribution in [2.24, 2.45) is 5.92 Å². The number of piperidine rings is 1. The highest BCUT2D eigenvalue weighted by Gasteiger charge is 2.43. The Hall–Kier alpha value is -0.550. The summed E-state index contributed by atoms with van der Waals surface area (Å²) in [6.45, 7) is 8.04. The number of nitrogens with one attached hydrogen (secondary N) is 1. The van der Waals surface area contributed by atoms with Gasteiger partial charge >= 0.3 is 0 Å². The fraction of sp³-hybridized carbons (Fsp3) is 0.688. The lowest BCUT2D eigenvalue weighted by Gasteiger charge is -2.48. The molecule has 0 unspecified atom stereocenters. The molecule has 1 N–H and O–H groups in total. The van der Waals surface area contributed by atoms with Crippen molar-refractivity contribution in [1.82, 2.24) is 14.8 Å². The summed E-state index contributed by atoms with van der Waals surface area (Å²) in [5, 5.41) is 3.45. The normalized spacial score (nSPS) is 20.2. The number of nitrogens with zero attached hydrogens (tertiary/aromatic N) is 2. The molecule has 22 heavy (non-hydrogen) atoms. The summed E-state index contributed by atoms with van der Waals surface area (Å²) in [6.07, 6.45) is 2.26. The maximum Gasteiger partial charge on any atom is 0.181 e. The predicted octanol–water partition coefficient (Wildman–Crippen LogP) is 2.69. The molecule has 2 aliphatic heterocycles. The summed E-state index contributed by atoms with van der Waals surface area (Å²) in [4.78, 5) is 14.9. The lowest BCUT2D eigenvalue weighted by atomic mass is 9.82. The van der Waals surface area contributed by atoms with E-state index < -0.39 is 0 Å². The number of aromatic nitrogens is 1. The van der Waals surface area contributed by atoms with Gasteiger partial charge < -0.3 is 9.88 Å². The van der Waals surface area contributed by atoms with Crippen LogP contribution in [0.15, 0.2) is 12.1 Å². The van der Waals surface area contributed by atoms with Crippen molar-refractivity contribution in [2.45, 2.75) is 38.8 Å². The maximum atomic E-state index is 12.4. The van der Waals surface area contributed by atoms with Crippen LogP contribution in [0.5, 0.6) is 0 Å². The summed E-state index contributed by atoms with van der Waals surface area (Å²) < 4.78 is 2.29. The molecule has 126 valence electrons. The van der Waals surface area contributed by atoms with Gasteiger partial charge in [-0.25, -0.2) is 0 Å². The van der Waals surface area contributed by atoms with Gasteiger partial charge in [0.15, 0.2) is 5.78 Å². The number of fused-ring (bicyclic) bond motifs is 2. The van der Waals surface area contributed by atoms with E-state index in [1.54, 1.807) is 0 Å². The van der Waals surface area contributed by atoms with E-state index in [1.807, 2.05) is 19.9 Å². The number of ketones is 1. The number of rotatable bonds is 2. The third kappa shape index (κ3) is 2.94. The van der Waals surface area contributed by atoms with E-state index in [2.05, 4.69) is 27.9 Å². The average molecular weight is 348 g/mol. The zero-order valence-corrected chi connectivity index (χ0v) is 15.2. The van der Waals surface area contributed by atoms with Gasteiger partial charge in [0.2, 0.25) is 0 Å². The molecular weight excluding hydrogens is 321 g/mol. The highest BCUT2D eigenvalue weighted by molar-refractivity contribution is 5.96. The van der Waals surface area contributed by atoms with Crippen LogP contribution >= 0.6 is 24.8 Å². The minimum absolute atomic E-state index is 0. The van der Waals surface area contributed by atoms with Crippen LogP contribution in [0.3, 0.4) is 0 Å². The smallest absolute Gasteiger partial charge is 0.181 e. The minimum Gasteiger partial charge on any atom is -0.339 e. The molecule has 6 heteroatoms. The molecule has 0 bridgehead atoms. The van der Waals surface area contributed by atoms with E-state index in [0.29, 0.717) is 0 Å². The van der Waals surface area contributed by atoms with Crippen LogP contribution in [0.1, 0.15) is 42.9 Å². The van der Waals surface area contributed by atoms with Crippen molar-refractivity contribution >= 4 is 30.6 Å². The van der Waals surface area contributed by atoms with E-state index in [0.717, 1.165) is 44.7 Å². The Bertz CT molecular complexity index is 521. The molecule has 1 saturated heterocycles. The quantitative estimate of drug-likeness (QED) is 0.835. The van der Waals surface area contributed by atoms with Gasteiger partial charge in [0.25, 0.3) is 0 Å². The number of halogens is 2. The predicted molar refractivity (Wildman–Crippen MR) is 94.5 cm³/mol. The monoisotopic (exact) mass is 347 g/mol. The number of Topliss-reactive ketones (excluding diaryl/α,β-unsaturated/α-hetero) is 1. The maximum absolute atomic E-state index is 12.4. The summed E-state index contributed by atoms with van der Waals surface area (Å²) in [5.41, 5.74) is 2.37. The number of carbonyl (C=O) groups is 1. The molecule has 1 fully saturated rings. The Morgan fingerprint density at radius 2 is 1.82 bits per heavy atom. The second-order valence-corrected chi connectivity index (χ2v) is 6.48. The van der Waals surface area contributed by atoms with E-state index in [9.17, 15) is 4.79 Å². The first-order chi connectivity index (χ1) is 9.56. The molecule has 1 aromatic heterocycles. The van der Waals surface area contributed by atoms with Crippen LogP contribution in [-0.4, -0.2) is 41.9 Å². The zero-order valence-electron chi connectivity index (χ0n) is 13.6.